The molecule has 11 heavy (non-hydrogen) atoms. The van der Waals surface area contributed by atoms with Gasteiger partial charge in [-0.25, -0.2) is 0 Å². The third-order valence-corrected chi connectivity index (χ3v) is 2.34. The van der Waals surface area contributed by atoms with Crippen LogP contribution in [0.4, 0.5) is 0 Å². The van der Waals surface area contributed by atoms with Crippen LogP contribution in [0.2, 0.25) is 0 Å². The summed E-state index contributed by atoms with van der Waals surface area (Å²) < 4.78 is 0.504. The third-order valence-electron chi connectivity index (χ3n) is 1.50. The van der Waals surface area contributed by atoms with Gasteiger partial charge in [-0.1, -0.05) is 6.92 Å². The SMILES string of the molecule is CCC1=CC(=O)C(I)=CC1=O. The molecular formula is C8H7IO2. The monoisotopic (exact) mass is 262 g/mol. The summed E-state index contributed by atoms with van der Waals surface area (Å²) >= 11 is 1.87. The van der Waals surface area contributed by atoms with E-state index in [9.17, 15) is 9.59 Å². The van der Waals surface area contributed by atoms with E-state index in [0.717, 1.165) is 0 Å². The molecule has 0 atom stereocenters. The van der Waals surface area contributed by atoms with Crippen molar-refractivity contribution >= 4 is 34.2 Å². The fourth-order valence-corrected chi connectivity index (χ4v) is 1.29. The Bertz CT molecular complexity index is 274. The summed E-state index contributed by atoms with van der Waals surface area (Å²) in [6, 6.07) is 0. The van der Waals surface area contributed by atoms with Crippen molar-refractivity contribution < 1.29 is 9.59 Å². The Kier molecular flexibility index (Phi) is 2.59. The van der Waals surface area contributed by atoms with Crippen LogP contribution in [0.15, 0.2) is 21.3 Å². The molecule has 0 aromatic rings. The summed E-state index contributed by atoms with van der Waals surface area (Å²) in [5.74, 6) is -0.0847. The van der Waals surface area contributed by atoms with E-state index >= 15 is 0 Å². The normalized spacial score (nSPS) is 18.0. The first-order chi connectivity index (χ1) is 5.15. The zero-order chi connectivity index (χ0) is 8.43. The molecule has 0 spiro atoms. The summed E-state index contributed by atoms with van der Waals surface area (Å²) in [4.78, 5) is 22.1. The highest BCUT2D eigenvalue weighted by Crippen LogP contribution is 2.18. The van der Waals surface area contributed by atoms with Crippen LogP contribution in [-0.4, -0.2) is 11.6 Å². The molecular weight excluding hydrogens is 255 g/mol. The van der Waals surface area contributed by atoms with E-state index in [-0.39, 0.29) is 11.6 Å². The Balaban J connectivity index is 2.98. The summed E-state index contributed by atoms with van der Waals surface area (Å²) in [6.45, 7) is 1.86. The van der Waals surface area contributed by atoms with Gasteiger partial charge in [0.25, 0.3) is 0 Å². The van der Waals surface area contributed by atoms with Gasteiger partial charge in [-0.2, -0.15) is 0 Å². The van der Waals surface area contributed by atoms with Crippen molar-refractivity contribution in [3.63, 3.8) is 0 Å². The van der Waals surface area contributed by atoms with Gasteiger partial charge in [-0.15, -0.1) is 0 Å². The Labute approximate surface area is 78.5 Å². The minimum atomic E-state index is -0.0537. The number of carbonyl (C=O) groups is 2. The molecule has 1 rings (SSSR count). The molecule has 0 aliphatic heterocycles. The highest BCUT2D eigenvalue weighted by molar-refractivity contribution is 14.1. The van der Waals surface area contributed by atoms with E-state index in [1.54, 1.807) is 0 Å². The number of ketones is 2. The second-order valence-electron chi connectivity index (χ2n) is 2.24. The summed E-state index contributed by atoms with van der Waals surface area (Å²) in [7, 11) is 0. The van der Waals surface area contributed by atoms with Crippen LogP contribution in [0.3, 0.4) is 0 Å². The molecule has 1 aliphatic rings. The zero-order valence-electron chi connectivity index (χ0n) is 6.06. The van der Waals surface area contributed by atoms with Gasteiger partial charge >= 0.3 is 0 Å². The lowest BCUT2D eigenvalue weighted by Gasteiger charge is -2.04. The summed E-state index contributed by atoms with van der Waals surface area (Å²) in [5.41, 5.74) is 0.607. The lowest BCUT2D eigenvalue weighted by Crippen LogP contribution is -2.09. The van der Waals surface area contributed by atoms with Gasteiger partial charge in [-0.05, 0) is 35.1 Å². The van der Waals surface area contributed by atoms with E-state index in [2.05, 4.69) is 0 Å². The number of hydrogen-bond acceptors (Lipinski definition) is 2. The first-order valence-electron chi connectivity index (χ1n) is 3.31. The maximum Gasteiger partial charge on any atom is 0.192 e. The highest BCUT2D eigenvalue weighted by atomic mass is 127. The van der Waals surface area contributed by atoms with Crippen molar-refractivity contribution in [2.45, 2.75) is 13.3 Å². The van der Waals surface area contributed by atoms with Crippen molar-refractivity contribution in [2.75, 3.05) is 0 Å². The number of carbonyl (C=O) groups excluding carboxylic acids is 2. The van der Waals surface area contributed by atoms with Crippen LogP contribution in [0.25, 0.3) is 0 Å². The molecule has 0 bridgehead atoms. The summed E-state index contributed by atoms with van der Waals surface area (Å²) in [5, 5.41) is 0. The van der Waals surface area contributed by atoms with Crippen LogP contribution in [0, 0.1) is 0 Å². The van der Waals surface area contributed by atoms with Gasteiger partial charge in [0.05, 0.1) is 3.58 Å². The van der Waals surface area contributed by atoms with E-state index in [1.807, 2.05) is 29.5 Å². The molecule has 0 aromatic carbocycles. The van der Waals surface area contributed by atoms with Gasteiger partial charge < -0.3 is 0 Å². The van der Waals surface area contributed by atoms with Crippen molar-refractivity contribution in [3.8, 4) is 0 Å². The average Bonchev–Trinajstić information content (AvgIpc) is 1.97. The van der Waals surface area contributed by atoms with E-state index in [4.69, 9.17) is 0 Å². The van der Waals surface area contributed by atoms with E-state index in [0.29, 0.717) is 15.6 Å². The van der Waals surface area contributed by atoms with Crippen LogP contribution in [0.1, 0.15) is 13.3 Å². The highest BCUT2D eigenvalue weighted by Gasteiger charge is 2.16. The van der Waals surface area contributed by atoms with Crippen molar-refractivity contribution in [1.82, 2.24) is 0 Å². The molecule has 0 fully saturated rings. The number of halogens is 1. The van der Waals surface area contributed by atoms with Crippen LogP contribution < -0.4 is 0 Å². The standard InChI is InChI=1S/C8H7IO2/c1-2-5-3-8(11)6(9)4-7(5)10/h3-4H,2H2,1H3. The number of rotatable bonds is 1. The van der Waals surface area contributed by atoms with Gasteiger partial charge in [0.2, 0.25) is 0 Å². The lowest BCUT2D eigenvalue weighted by molar-refractivity contribution is -0.114. The number of hydrogen-bond donors (Lipinski definition) is 0. The topological polar surface area (TPSA) is 34.1 Å². The molecule has 0 N–H and O–H groups in total. The molecule has 58 valence electrons. The molecule has 0 saturated carbocycles. The van der Waals surface area contributed by atoms with Gasteiger partial charge in [-0.3, -0.25) is 9.59 Å². The Morgan fingerprint density at radius 2 is 1.91 bits per heavy atom. The third kappa shape index (κ3) is 1.77. The number of allylic oxidation sites excluding steroid dienone is 4. The van der Waals surface area contributed by atoms with Gasteiger partial charge in [0.15, 0.2) is 11.6 Å². The Morgan fingerprint density at radius 1 is 1.27 bits per heavy atom. The molecule has 0 saturated heterocycles. The Morgan fingerprint density at radius 3 is 2.45 bits per heavy atom. The quantitative estimate of drug-likeness (QED) is 0.533. The van der Waals surface area contributed by atoms with E-state index < -0.39 is 0 Å². The van der Waals surface area contributed by atoms with Crippen LogP contribution >= 0.6 is 22.6 Å². The second-order valence-corrected chi connectivity index (χ2v) is 3.41. The average molecular weight is 262 g/mol. The maximum atomic E-state index is 11.1. The van der Waals surface area contributed by atoms with Crippen LogP contribution in [-0.2, 0) is 9.59 Å². The molecule has 3 heteroatoms. The van der Waals surface area contributed by atoms with Gasteiger partial charge in [0.1, 0.15) is 0 Å². The van der Waals surface area contributed by atoms with E-state index in [1.165, 1.54) is 12.2 Å². The van der Waals surface area contributed by atoms with Crippen molar-refractivity contribution in [1.29, 1.82) is 0 Å². The molecule has 0 unspecified atom stereocenters. The second kappa shape index (κ2) is 3.30. The fraction of sp³-hybridized carbons (Fsp3) is 0.250. The first-order valence-corrected chi connectivity index (χ1v) is 4.39. The Hall–Kier alpha value is -0.450. The van der Waals surface area contributed by atoms with Crippen LogP contribution in [0.5, 0.6) is 0 Å². The zero-order valence-corrected chi connectivity index (χ0v) is 8.21. The minimum Gasteiger partial charge on any atom is -0.290 e. The van der Waals surface area contributed by atoms with Crippen molar-refractivity contribution in [2.24, 2.45) is 0 Å². The van der Waals surface area contributed by atoms with Gasteiger partial charge in [0, 0.05) is 11.6 Å². The summed E-state index contributed by atoms with van der Waals surface area (Å²) in [6.07, 6.45) is 3.44. The molecule has 0 radical (unpaired) electrons. The fourth-order valence-electron chi connectivity index (χ4n) is 0.854. The predicted octanol–water partition coefficient (Wildman–Crippen LogP) is 1.79. The molecule has 0 heterocycles. The molecule has 0 amide bonds. The molecule has 2 nitrogen and oxygen atoms in total. The predicted molar refractivity (Wildman–Crippen MR) is 50.5 cm³/mol. The largest absolute Gasteiger partial charge is 0.290 e. The molecule has 1 aliphatic carbocycles. The first kappa shape index (κ1) is 8.64. The lowest BCUT2D eigenvalue weighted by atomic mass is 10.0. The molecule has 0 aromatic heterocycles. The maximum absolute atomic E-state index is 11.1. The van der Waals surface area contributed by atoms with Crippen molar-refractivity contribution in [3.05, 3.63) is 21.3 Å². The smallest absolute Gasteiger partial charge is 0.192 e. The minimum absolute atomic E-state index is 0.0310.